The van der Waals surface area contributed by atoms with Crippen LogP contribution in [0.4, 0.5) is 0 Å². The first-order valence-electron chi connectivity index (χ1n) is 4.68. The summed E-state index contributed by atoms with van der Waals surface area (Å²) >= 11 is 17.2. The van der Waals surface area contributed by atoms with Gasteiger partial charge in [0.25, 0.3) is 0 Å². The molecule has 0 atom stereocenters. The Kier molecular flexibility index (Phi) is 6.80. The molecule has 0 fully saturated rings. The van der Waals surface area contributed by atoms with Gasteiger partial charge in [0.1, 0.15) is 6.61 Å². The number of alkyl halides is 3. The van der Waals surface area contributed by atoms with Crippen LogP contribution < -0.4 is 0 Å². The third-order valence-electron chi connectivity index (χ3n) is 1.96. The van der Waals surface area contributed by atoms with E-state index in [9.17, 15) is 0 Å². The predicted molar refractivity (Wildman–Crippen MR) is 74.2 cm³/mol. The van der Waals surface area contributed by atoms with Gasteiger partial charge in [-0.1, -0.05) is 34.8 Å². The van der Waals surface area contributed by atoms with Crippen molar-refractivity contribution in [3.05, 3.63) is 0 Å². The molecule has 0 bridgehead atoms. The van der Waals surface area contributed by atoms with Gasteiger partial charge in [0, 0.05) is 42.3 Å². The molecule has 0 aliphatic carbocycles. The van der Waals surface area contributed by atoms with Crippen LogP contribution in [0.3, 0.4) is 0 Å². The van der Waals surface area contributed by atoms with Gasteiger partial charge in [-0.3, -0.25) is 0 Å². The Morgan fingerprint density at radius 3 is 1.38 bits per heavy atom. The first-order valence-corrected chi connectivity index (χ1v) is 7.37. The van der Waals surface area contributed by atoms with Crippen LogP contribution in [0.15, 0.2) is 0 Å². The Hall–Kier alpha value is 1.14. The number of halogens is 3. The molecule has 0 saturated carbocycles. The molecule has 8 heteroatoms. The second kappa shape index (κ2) is 6.35. The zero-order valence-electron chi connectivity index (χ0n) is 10.5. The summed E-state index contributed by atoms with van der Waals surface area (Å²) in [6.45, 7) is 0.0555. The third-order valence-corrected chi connectivity index (χ3v) is 5.89. The first-order chi connectivity index (χ1) is 7.04. The van der Waals surface area contributed by atoms with Gasteiger partial charge in [0.2, 0.25) is 3.79 Å². The largest absolute Gasteiger partial charge is 0.369 e. The highest BCUT2D eigenvalue weighted by Crippen LogP contribution is 2.65. The molecule has 0 aromatic heterocycles. The second-order valence-corrected chi connectivity index (χ2v) is 10.1. The van der Waals surface area contributed by atoms with Crippen LogP contribution in [0.25, 0.3) is 0 Å². The molecule has 0 saturated heterocycles. The van der Waals surface area contributed by atoms with Crippen molar-refractivity contribution in [1.82, 2.24) is 14.0 Å². The van der Waals surface area contributed by atoms with E-state index in [4.69, 9.17) is 39.3 Å². The minimum absolute atomic E-state index is 0.0555. The Morgan fingerprint density at radius 1 is 0.875 bits per heavy atom. The summed E-state index contributed by atoms with van der Waals surface area (Å²) in [6.07, 6.45) is 0. The molecule has 0 aliphatic heterocycles. The molecule has 98 valence electrons. The third kappa shape index (κ3) is 4.43. The maximum Gasteiger partial charge on any atom is 0.369 e. The molecule has 0 heterocycles. The fraction of sp³-hybridized carbons (Fsp3) is 1.00. The summed E-state index contributed by atoms with van der Waals surface area (Å²) < 4.78 is 10.5. The molecule has 4 nitrogen and oxygen atoms in total. The van der Waals surface area contributed by atoms with Crippen LogP contribution in [0.2, 0.25) is 0 Å². The molecular formula is C8H20Cl3N3OP+. The highest BCUT2D eigenvalue weighted by molar-refractivity contribution is 7.64. The van der Waals surface area contributed by atoms with E-state index in [0.29, 0.717) is 0 Å². The fourth-order valence-corrected chi connectivity index (χ4v) is 5.18. The van der Waals surface area contributed by atoms with Gasteiger partial charge in [0.05, 0.1) is 0 Å². The second-order valence-electron chi connectivity index (χ2n) is 3.94. The van der Waals surface area contributed by atoms with Gasteiger partial charge >= 0.3 is 7.94 Å². The van der Waals surface area contributed by atoms with Gasteiger partial charge in [-0.2, -0.15) is 4.52 Å². The summed E-state index contributed by atoms with van der Waals surface area (Å²) in [4.78, 5) is 0. The molecule has 0 amide bonds. The monoisotopic (exact) mass is 310 g/mol. The molecular weight excluding hydrogens is 291 g/mol. The van der Waals surface area contributed by atoms with E-state index in [1.165, 1.54) is 0 Å². The van der Waals surface area contributed by atoms with Gasteiger partial charge in [-0.15, -0.1) is 14.0 Å². The fourth-order valence-electron chi connectivity index (χ4n) is 1.58. The van der Waals surface area contributed by atoms with E-state index in [2.05, 4.69) is 0 Å². The average molecular weight is 312 g/mol. The van der Waals surface area contributed by atoms with Gasteiger partial charge in [0.15, 0.2) is 0 Å². The Labute approximate surface area is 114 Å². The van der Waals surface area contributed by atoms with Gasteiger partial charge in [-0.05, 0) is 0 Å². The predicted octanol–water partition coefficient (Wildman–Crippen LogP) is 2.74. The summed E-state index contributed by atoms with van der Waals surface area (Å²) in [5, 5.41) is 0. The van der Waals surface area contributed by atoms with E-state index in [1.54, 1.807) is 0 Å². The van der Waals surface area contributed by atoms with E-state index in [-0.39, 0.29) is 6.61 Å². The Balaban J connectivity index is 4.92. The number of hydrogen-bond acceptors (Lipinski definition) is 4. The maximum atomic E-state index is 5.87. The van der Waals surface area contributed by atoms with Crippen LogP contribution in [-0.4, -0.2) is 66.7 Å². The van der Waals surface area contributed by atoms with Crippen molar-refractivity contribution in [2.75, 3.05) is 48.9 Å². The lowest BCUT2D eigenvalue weighted by Gasteiger charge is -2.37. The number of nitrogens with zero attached hydrogens (tertiary/aromatic N) is 3. The van der Waals surface area contributed by atoms with Crippen LogP contribution >= 0.6 is 42.7 Å². The quantitative estimate of drug-likeness (QED) is 0.574. The SMILES string of the molecule is CN(C)[P+](OCC(Cl)(Cl)Cl)(N(C)C)N(C)C. The van der Waals surface area contributed by atoms with E-state index in [1.807, 2.05) is 56.3 Å². The topological polar surface area (TPSA) is 19.0 Å². The summed E-state index contributed by atoms with van der Waals surface area (Å²) in [7, 11) is 9.64. The molecule has 0 radical (unpaired) electrons. The van der Waals surface area contributed by atoms with Crippen LogP contribution in [0.5, 0.6) is 0 Å². The van der Waals surface area contributed by atoms with Crippen molar-refractivity contribution in [2.24, 2.45) is 0 Å². The van der Waals surface area contributed by atoms with Crippen molar-refractivity contribution in [3.63, 3.8) is 0 Å². The summed E-state index contributed by atoms with van der Waals surface area (Å²) in [5.41, 5.74) is 0. The van der Waals surface area contributed by atoms with Crippen LogP contribution in [0, 0.1) is 0 Å². The van der Waals surface area contributed by atoms with Crippen LogP contribution in [0.1, 0.15) is 0 Å². The minimum Gasteiger partial charge on any atom is -0.177 e. The Morgan fingerprint density at radius 2 is 1.19 bits per heavy atom. The lowest BCUT2D eigenvalue weighted by molar-refractivity contribution is 0.244. The molecule has 0 unspecified atom stereocenters. The number of rotatable bonds is 5. The van der Waals surface area contributed by atoms with E-state index in [0.717, 1.165) is 0 Å². The van der Waals surface area contributed by atoms with Crippen molar-refractivity contribution >= 4 is 42.7 Å². The van der Waals surface area contributed by atoms with Crippen molar-refractivity contribution in [3.8, 4) is 0 Å². The number of hydrogen-bond donors (Lipinski definition) is 0. The van der Waals surface area contributed by atoms with Gasteiger partial charge in [-0.25, -0.2) is 0 Å². The average Bonchev–Trinajstić information content (AvgIpc) is 2.00. The highest BCUT2D eigenvalue weighted by atomic mass is 35.6. The Bertz CT molecular complexity index is 199. The maximum absolute atomic E-state index is 5.87. The van der Waals surface area contributed by atoms with E-state index >= 15 is 0 Å². The lowest BCUT2D eigenvalue weighted by atomic mass is 10.9. The van der Waals surface area contributed by atoms with Crippen molar-refractivity contribution in [1.29, 1.82) is 0 Å². The molecule has 0 aliphatic rings. The normalized spacial score (nSPS) is 14.2. The standard InChI is InChI=1S/C8H20Cl3N3OP/c1-12(2)16(13(3)4,14(5)6)15-7-8(9,10)11/h7H2,1-6H3/q+1. The minimum atomic E-state index is -2.06. The molecule has 0 aromatic rings. The van der Waals surface area contributed by atoms with Crippen molar-refractivity contribution < 1.29 is 4.52 Å². The molecule has 0 rings (SSSR count). The zero-order chi connectivity index (χ0) is 13.1. The highest BCUT2D eigenvalue weighted by Gasteiger charge is 2.51. The summed E-state index contributed by atoms with van der Waals surface area (Å²) in [5.74, 6) is 0. The first kappa shape index (κ1) is 17.1. The zero-order valence-corrected chi connectivity index (χ0v) is 13.7. The molecule has 0 spiro atoms. The van der Waals surface area contributed by atoms with E-state index < -0.39 is 11.7 Å². The lowest BCUT2D eigenvalue weighted by Crippen LogP contribution is -2.38. The smallest absolute Gasteiger partial charge is 0.177 e. The van der Waals surface area contributed by atoms with Crippen LogP contribution in [-0.2, 0) is 4.52 Å². The molecule has 16 heavy (non-hydrogen) atoms. The molecule has 0 N–H and O–H groups in total. The summed E-state index contributed by atoms with van der Waals surface area (Å²) in [6, 6.07) is 0. The molecule has 0 aromatic carbocycles. The van der Waals surface area contributed by atoms with Crippen molar-refractivity contribution in [2.45, 2.75) is 3.79 Å². The van der Waals surface area contributed by atoms with Gasteiger partial charge < -0.3 is 0 Å².